The highest BCUT2D eigenvalue weighted by molar-refractivity contribution is 7.07. The summed E-state index contributed by atoms with van der Waals surface area (Å²) >= 11 is 1.50. The van der Waals surface area contributed by atoms with Gasteiger partial charge in [-0.3, -0.25) is 4.79 Å². The van der Waals surface area contributed by atoms with Gasteiger partial charge in [-0.15, -0.1) is 23.7 Å². The molecule has 0 aliphatic heterocycles. The van der Waals surface area contributed by atoms with Crippen molar-refractivity contribution in [2.45, 2.75) is 12.5 Å². The van der Waals surface area contributed by atoms with Crippen molar-refractivity contribution in [2.24, 2.45) is 5.73 Å². The SMILES string of the molecule is Cl.NC(Cc1cscn1)C(=O)Nc1c[nH]c2ccccc12. The van der Waals surface area contributed by atoms with Crippen LogP contribution in [0.5, 0.6) is 0 Å². The second-order valence-electron chi connectivity index (χ2n) is 4.53. The topological polar surface area (TPSA) is 83.8 Å². The molecule has 1 aromatic carbocycles. The predicted octanol–water partition coefficient (Wildman–Crippen LogP) is 2.55. The summed E-state index contributed by atoms with van der Waals surface area (Å²) in [5.74, 6) is -0.206. The molecule has 1 amide bonds. The van der Waals surface area contributed by atoms with Gasteiger partial charge in [-0.05, 0) is 6.07 Å². The highest BCUT2D eigenvalue weighted by Gasteiger charge is 2.16. The molecule has 2 aromatic heterocycles. The van der Waals surface area contributed by atoms with E-state index in [1.165, 1.54) is 11.3 Å². The Kier molecular flexibility index (Phi) is 4.95. The maximum atomic E-state index is 12.1. The Hall–Kier alpha value is -1.89. The lowest BCUT2D eigenvalue weighted by atomic mass is 10.1. The van der Waals surface area contributed by atoms with Crippen molar-refractivity contribution in [3.05, 3.63) is 47.0 Å². The lowest BCUT2D eigenvalue weighted by Gasteiger charge is -2.10. The average Bonchev–Trinajstić information content (AvgIpc) is 3.09. The van der Waals surface area contributed by atoms with E-state index in [0.29, 0.717) is 6.42 Å². The number of carbonyl (C=O) groups excluding carboxylic acids is 1. The summed E-state index contributed by atoms with van der Waals surface area (Å²) in [5, 5.41) is 5.73. The summed E-state index contributed by atoms with van der Waals surface area (Å²) in [6, 6.07) is 7.18. The minimum atomic E-state index is -0.606. The van der Waals surface area contributed by atoms with E-state index in [9.17, 15) is 4.79 Å². The van der Waals surface area contributed by atoms with Crippen LogP contribution in [0.25, 0.3) is 10.9 Å². The Morgan fingerprint density at radius 3 is 3.00 bits per heavy atom. The molecule has 0 aliphatic carbocycles. The van der Waals surface area contributed by atoms with E-state index in [2.05, 4.69) is 15.3 Å². The number of thiazole rings is 1. The number of para-hydroxylation sites is 1. The number of amides is 1. The smallest absolute Gasteiger partial charge is 0.241 e. The van der Waals surface area contributed by atoms with Crippen LogP contribution in [0.1, 0.15) is 5.69 Å². The Balaban J connectivity index is 0.00000161. The maximum absolute atomic E-state index is 12.1. The fourth-order valence-electron chi connectivity index (χ4n) is 2.06. The van der Waals surface area contributed by atoms with Crippen LogP contribution in [-0.4, -0.2) is 21.9 Å². The molecule has 0 radical (unpaired) electrons. The number of nitrogens with two attached hydrogens (primary N) is 1. The number of hydrogen-bond donors (Lipinski definition) is 3. The lowest BCUT2D eigenvalue weighted by molar-refractivity contribution is -0.117. The monoisotopic (exact) mass is 322 g/mol. The molecular weight excluding hydrogens is 308 g/mol. The third-order valence-electron chi connectivity index (χ3n) is 3.10. The second kappa shape index (κ2) is 6.71. The van der Waals surface area contributed by atoms with E-state index in [4.69, 9.17) is 5.73 Å². The third kappa shape index (κ3) is 3.41. The zero-order valence-corrected chi connectivity index (χ0v) is 12.7. The highest BCUT2D eigenvalue weighted by Crippen LogP contribution is 2.22. The van der Waals surface area contributed by atoms with Crippen LogP contribution in [0.2, 0.25) is 0 Å². The van der Waals surface area contributed by atoms with Crippen molar-refractivity contribution in [3.63, 3.8) is 0 Å². The Morgan fingerprint density at radius 1 is 1.43 bits per heavy atom. The minimum Gasteiger partial charge on any atom is -0.359 e. The quantitative estimate of drug-likeness (QED) is 0.690. The Bertz CT molecular complexity index is 725. The fourth-order valence-corrected chi connectivity index (χ4v) is 2.63. The molecule has 3 rings (SSSR count). The first-order valence-corrected chi connectivity index (χ1v) is 7.18. The Morgan fingerprint density at radius 2 is 2.24 bits per heavy atom. The van der Waals surface area contributed by atoms with Gasteiger partial charge in [0, 0.05) is 28.9 Å². The van der Waals surface area contributed by atoms with Crippen molar-refractivity contribution in [2.75, 3.05) is 5.32 Å². The van der Waals surface area contributed by atoms with Gasteiger partial charge in [0.1, 0.15) is 0 Å². The number of aromatic amines is 1. The van der Waals surface area contributed by atoms with Gasteiger partial charge in [0.05, 0.1) is 22.9 Å². The van der Waals surface area contributed by atoms with Crippen LogP contribution in [0.4, 0.5) is 5.69 Å². The first-order chi connectivity index (χ1) is 9.74. The number of hydrogen-bond acceptors (Lipinski definition) is 4. The molecule has 0 bridgehead atoms. The first-order valence-electron chi connectivity index (χ1n) is 6.23. The Labute approximate surface area is 132 Å². The summed E-state index contributed by atoms with van der Waals surface area (Å²) in [7, 11) is 0. The molecule has 21 heavy (non-hydrogen) atoms. The van der Waals surface area contributed by atoms with Crippen molar-refractivity contribution >= 4 is 46.2 Å². The van der Waals surface area contributed by atoms with Crippen LogP contribution >= 0.6 is 23.7 Å². The molecule has 3 aromatic rings. The number of anilines is 1. The predicted molar refractivity (Wildman–Crippen MR) is 88.0 cm³/mol. The molecule has 0 saturated carbocycles. The third-order valence-corrected chi connectivity index (χ3v) is 3.73. The van der Waals surface area contributed by atoms with E-state index < -0.39 is 6.04 Å². The van der Waals surface area contributed by atoms with E-state index in [1.807, 2.05) is 29.6 Å². The van der Waals surface area contributed by atoms with Crippen LogP contribution in [0.15, 0.2) is 41.4 Å². The number of H-pyrrole nitrogens is 1. The van der Waals surface area contributed by atoms with Crippen LogP contribution in [0.3, 0.4) is 0 Å². The summed E-state index contributed by atoms with van der Waals surface area (Å²) in [5.41, 5.74) is 10.2. The van der Waals surface area contributed by atoms with Crippen molar-refractivity contribution < 1.29 is 4.79 Å². The normalized spacial score (nSPS) is 11.9. The molecule has 1 atom stereocenters. The largest absolute Gasteiger partial charge is 0.359 e. The number of nitrogens with zero attached hydrogens (tertiary/aromatic N) is 1. The molecule has 4 N–H and O–H groups in total. The zero-order chi connectivity index (χ0) is 13.9. The van der Waals surface area contributed by atoms with Crippen molar-refractivity contribution in [1.29, 1.82) is 0 Å². The van der Waals surface area contributed by atoms with E-state index >= 15 is 0 Å². The van der Waals surface area contributed by atoms with E-state index in [0.717, 1.165) is 22.3 Å². The minimum absolute atomic E-state index is 0. The molecule has 0 aliphatic rings. The highest BCUT2D eigenvalue weighted by atomic mass is 35.5. The summed E-state index contributed by atoms with van der Waals surface area (Å²) in [4.78, 5) is 19.4. The number of rotatable bonds is 4. The van der Waals surface area contributed by atoms with Gasteiger partial charge >= 0.3 is 0 Å². The fraction of sp³-hybridized carbons (Fsp3) is 0.143. The molecule has 1 unspecified atom stereocenters. The molecule has 110 valence electrons. The van der Waals surface area contributed by atoms with Crippen molar-refractivity contribution in [1.82, 2.24) is 9.97 Å². The van der Waals surface area contributed by atoms with Crippen LogP contribution < -0.4 is 11.1 Å². The van der Waals surface area contributed by atoms with Gasteiger partial charge in [-0.25, -0.2) is 4.98 Å². The van der Waals surface area contributed by atoms with Crippen LogP contribution in [0, 0.1) is 0 Å². The molecule has 0 fully saturated rings. The molecular formula is C14H15ClN4OS. The van der Waals surface area contributed by atoms with Gasteiger partial charge < -0.3 is 16.0 Å². The summed E-state index contributed by atoms with van der Waals surface area (Å²) in [6.45, 7) is 0. The van der Waals surface area contributed by atoms with Gasteiger partial charge in [0.2, 0.25) is 5.91 Å². The first kappa shape index (κ1) is 15.5. The van der Waals surface area contributed by atoms with Gasteiger partial charge in [0.15, 0.2) is 0 Å². The van der Waals surface area contributed by atoms with Gasteiger partial charge in [-0.2, -0.15) is 0 Å². The number of halogens is 1. The standard InChI is InChI=1S/C14H14N4OS.ClH/c15-11(5-9-7-20-8-17-9)14(19)18-13-6-16-12-4-2-1-3-10(12)13;/h1-4,6-8,11,16H,5,15H2,(H,18,19);1H. The summed E-state index contributed by atoms with van der Waals surface area (Å²) in [6.07, 6.45) is 2.22. The van der Waals surface area contributed by atoms with E-state index in [-0.39, 0.29) is 18.3 Å². The molecule has 0 saturated heterocycles. The number of fused-ring (bicyclic) bond motifs is 1. The van der Waals surface area contributed by atoms with Crippen molar-refractivity contribution in [3.8, 4) is 0 Å². The number of carbonyl (C=O) groups is 1. The lowest BCUT2D eigenvalue weighted by Crippen LogP contribution is -2.37. The van der Waals surface area contributed by atoms with Crippen LogP contribution in [-0.2, 0) is 11.2 Å². The maximum Gasteiger partial charge on any atom is 0.241 e. The van der Waals surface area contributed by atoms with E-state index in [1.54, 1.807) is 11.7 Å². The number of benzene rings is 1. The van der Waals surface area contributed by atoms with Gasteiger partial charge in [0.25, 0.3) is 0 Å². The number of nitrogens with one attached hydrogen (secondary N) is 2. The molecule has 2 heterocycles. The van der Waals surface area contributed by atoms with Gasteiger partial charge in [-0.1, -0.05) is 18.2 Å². The average molecular weight is 323 g/mol. The molecule has 5 nitrogen and oxygen atoms in total. The molecule has 7 heteroatoms. The zero-order valence-electron chi connectivity index (χ0n) is 11.1. The second-order valence-corrected chi connectivity index (χ2v) is 5.25. The molecule has 0 spiro atoms. The number of aromatic nitrogens is 2. The summed E-state index contributed by atoms with van der Waals surface area (Å²) < 4.78 is 0.